The molecule has 1 unspecified atom stereocenters. The molecule has 0 bridgehead atoms. The van der Waals surface area contributed by atoms with E-state index in [1.807, 2.05) is 24.4 Å². The van der Waals surface area contributed by atoms with Gasteiger partial charge in [-0.3, -0.25) is 5.10 Å². The standard InChI is InChI=1S/C19H19Cl2N5S/c20-13-7-14(21)9-17(8-13)24-19(27)26-5-1-2-16(11-26)23-15-3-4-18-12(6-15)10-22-25-18/h3-4,6-10,16,23H,1-2,5,11H2,(H,22,25)(H,24,27). The predicted molar refractivity (Wildman–Crippen MR) is 117 cm³/mol. The Morgan fingerprint density at radius 1 is 1.15 bits per heavy atom. The molecule has 3 aromatic rings. The molecule has 2 heterocycles. The number of anilines is 2. The minimum absolute atomic E-state index is 0.325. The smallest absolute Gasteiger partial charge is 0.173 e. The van der Waals surface area contributed by atoms with Crippen molar-refractivity contribution in [2.24, 2.45) is 0 Å². The Morgan fingerprint density at radius 3 is 2.78 bits per heavy atom. The molecule has 0 aliphatic carbocycles. The lowest BCUT2D eigenvalue weighted by Crippen LogP contribution is -2.46. The maximum Gasteiger partial charge on any atom is 0.173 e. The van der Waals surface area contributed by atoms with Crippen LogP contribution in [0.3, 0.4) is 0 Å². The fraction of sp³-hybridized carbons (Fsp3) is 0.263. The van der Waals surface area contributed by atoms with E-state index < -0.39 is 0 Å². The Morgan fingerprint density at radius 2 is 1.96 bits per heavy atom. The van der Waals surface area contributed by atoms with Crippen LogP contribution in [0, 0.1) is 0 Å². The van der Waals surface area contributed by atoms with Gasteiger partial charge in [0.05, 0.1) is 11.7 Å². The van der Waals surface area contributed by atoms with Crippen LogP contribution < -0.4 is 10.6 Å². The van der Waals surface area contributed by atoms with Crippen LogP contribution in [0.5, 0.6) is 0 Å². The van der Waals surface area contributed by atoms with E-state index in [0.717, 1.165) is 48.2 Å². The van der Waals surface area contributed by atoms with Crippen molar-refractivity contribution in [3.8, 4) is 0 Å². The molecule has 1 aromatic heterocycles. The number of likely N-dealkylation sites (tertiary alicyclic amines) is 1. The van der Waals surface area contributed by atoms with E-state index in [0.29, 0.717) is 21.2 Å². The summed E-state index contributed by atoms with van der Waals surface area (Å²) in [7, 11) is 0. The fourth-order valence-corrected chi connectivity index (χ4v) is 4.19. The van der Waals surface area contributed by atoms with Crippen LogP contribution in [0.25, 0.3) is 10.9 Å². The van der Waals surface area contributed by atoms with E-state index in [1.165, 1.54) is 0 Å². The molecule has 140 valence electrons. The van der Waals surface area contributed by atoms with Crippen LogP contribution in [0.4, 0.5) is 11.4 Å². The van der Waals surface area contributed by atoms with E-state index in [-0.39, 0.29) is 0 Å². The fourth-order valence-electron chi connectivity index (χ4n) is 3.38. The van der Waals surface area contributed by atoms with Crippen LogP contribution in [-0.2, 0) is 0 Å². The van der Waals surface area contributed by atoms with Gasteiger partial charge in [-0.2, -0.15) is 5.10 Å². The number of hydrogen-bond donors (Lipinski definition) is 3. The molecule has 1 aliphatic rings. The summed E-state index contributed by atoms with van der Waals surface area (Å²) in [5, 5.41) is 16.9. The van der Waals surface area contributed by atoms with Crippen LogP contribution in [0.1, 0.15) is 12.8 Å². The molecular weight excluding hydrogens is 401 g/mol. The summed E-state index contributed by atoms with van der Waals surface area (Å²) in [5.74, 6) is 0. The first-order chi connectivity index (χ1) is 13.1. The van der Waals surface area contributed by atoms with Gasteiger partial charge in [-0.25, -0.2) is 0 Å². The van der Waals surface area contributed by atoms with Crippen molar-refractivity contribution in [1.82, 2.24) is 15.1 Å². The molecule has 0 amide bonds. The number of benzene rings is 2. The van der Waals surface area contributed by atoms with Gasteiger partial charge in [-0.1, -0.05) is 23.2 Å². The van der Waals surface area contributed by atoms with E-state index in [9.17, 15) is 0 Å². The highest BCUT2D eigenvalue weighted by Gasteiger charge is 2.22. The lowest BCUT2D eigenvalue weighted by atomic mass is 10.1. The molecule has 0 spiro atoms. The zero-order chi connectivity index (χ0) is 18.8. The molecule has 0 radical (unpaired) electrons. The monoisotopic (exact) mass is 419 g/mol. The third kappa shape index (κ3) is 4.46. The van der Waals surface area contributed by atoms with Crippen LogP contribution in [-0.4, -0.2) is 39.3 Å². The maximum atomic E-state index is 6.07. The van der Waals surface area contributed by atoms with Crippen LogP contribution in [0.2, 0.25) is 10.0 Å². The highest BCUT2D eigenvalue weighted by molar-refractivity contribution is 7.80. The molecule has 2 aromatic carbocycles. The highest BCUT2D eigenvalue weighted by Crippen LogP contribution is 2.24. The summed E-state index contributed by atoms with van der Waals surface area (Å²) >= 11 is 17.7. The minimum Gasteiger partial charge on any atom is -0.381 e. The van der Waals surface area contributed by atoms with Gasteiger partial charge < -0.3 is 15.5 Å². The van der Waals surface area contributed by atoms with Crippen molar-refractivity contribution in [2.75, 3.05) is 23.7 Å². The lowest BCUT2D eigenvalue weighted by molar-refractivity contribution is 0.325. The molecule has 5 nitrogen and oxygen atoms in total. The van der Waals surface area contributed by atoms with Gasteiger partial charge in [0.1, 0.15) is 0 Å². The molecular formula is C19H19Cl2N5S. The summed E-state index contributed by atoms with van der Waals surface area (Å²) in [6.07, 6.45) is 4.01. The Hall–Kier alpha value is -2.02. The molecule has 27 heavy (non-hydrogen) atoms. The van der Waals surface area contributed by atoms with Gasteiger partial charge >= 0.3 is 0 Å². The number of rotatable bonds is 3. The first-order valence-electron chi connectivity index (χ1n) is 8.78. The number of nitrogens with zero attached hydrogens (tertiary/aromatic N) is 2. The second-order valence-corrected chi connectivity index (χ2v) is 7.95. The van der Waals surface area contributed by atoms with Gasteiger partial charge in [0.15, 0.2) is 5.11 Å². The number of aromatic nitrogens is 2. The summed E-state index contributed by atoms with van der Waals surface area (Å²) in [5.41, 5.74) is 2.94. The number of fused-ring (bicyclic) bond motifs is 1. The number of hydrogen-bond acceptors (Lipinski definition) is 3. The third-order valence-electron chi connectivity index (χ3n) is 4.63. The van der Waals surface area contributed by atoms with Gasteiger partial charge in [0.2, 0.25) is 0 Å². The largest absolute Gasteiger partial charge is 0.381 e. The molecule has 8 heteroatoms. The summed E-state index contributed by atoms with van der Waals surface area (Å²) in [4.78, 5) is 2.18. The number of halogens is 2. The van der Waals surface area contributed by atoms with Gasteiger partial charge in [-0.15, -0.1) is 0 Å². The van der Waals surface area contributed by atoms with Crippen molar-refractivity contribution < 1.29 is 0 Å². The quantitative estimate of drug-likeness (QED) is 0.512. The first-order valence-corrected chi connectivity index (χ1v) is 9.95. The normalized spacial score (nSPS) is 17.1. The minimum atomic E-state index is 0.325. The predicted octanol–water partition coefficient (Wildman–Crippen LogP) is 5.14. The average Bonchev–Trinajstić information content (AvgIpc) is 3.09. The van der Waals surface area contributed by atoms with E-state index >= 15 is 0 Å². The maximum absolute atomic E-state index is 6.07. The van der Waals surface area contributed by atoms with Crippen LogP contribution >= 0.6 is 35.4 Å². The van der Waals surface area contributed by atoms with Crippen molar-refractivity contribution in [3.63, 3.8) is 0 Å². The van der Waals surface area contributed by atoms with Gasteiger partial charge in [0.25, 0.3) is 0 Å². The molecule has 1 saturated heterocycles. The molecule has 0 saturated carbocycles. The van der Waals surface area contributed by atoms with Crippen molar-refractivity contribution >= 4 is 62.8 Å². The molecule has 3 N–H and O–H groups in total. The molecule has 4 rings (SSSR count). The number of piperidine rings is 1. The van der Waals surface area contributed by atoms with Crippen molar-refractivity contribution in [1.29, 1.82) is 0 Å². The van der Waals surface area contributed by atoms with Gasteiger partial charge in [-0.05, 0) is 61.5 Å². The third-order valence-corrected chi connectivity index (χ3v) is 5.43. The highest BCUT2D eigenvalue weighted by atomic mass is 35.5. The number of H-pyrrole nitrogens is 1. The Balaban J connectivity index is 1.40. The number of nitrogens with one attached hydrogen (secondary N) is 3. The van der Waals surface area contributed by atoms with Gasteiger partial charge in [0, 0.05) is 45.9 Å². The molecule has 1 aliphatic heterocycles. The summed E-state index contributed by atoms with van der Waals surface area (Å²) in [6, 6.07) is 11.9. The summed E-state index contributed by atoms with van der Waals surface area (Å²) in [6.45, 7) is 1.77. The zero-order valence-electron chi connectivity index (χ0n) is 14.5. The molecule has 1 atom stereocenters. The van der Waals surface area contributed by atoms with E-state index in [2.05, 4.69) is 37.9 Å². The average molecular weight is 420 g/mol. The Bertz CT molecular complexity index is 953. The Kier molecular flexibility index (Phi) is 5.38. The second kappa shape index (κ2) is 7.92. The summed E-state index contributed by atoms with van der Waals surface area (Å²) < 4.78 is 0. The van der Waals surface area contributed by atoms with Crippen molar-refractivity contribution in [2.45, 2.75) is 18.9 Å². The van der Waals surface area contributed by atoms with Crippen molar-refractivity contribution in [3.05, 3.63) is 52.6 Å². The lowest BCUT2D eigenvalue weighted by Gasteiger charge is -2.35. The number of aromatic amines is 1. The Labute approximate surface area is 173 Å². The molecule has 1 fully saturated rings. The van der Waals surface area contributed by atoms with Crippen LogP contribution in [0.15, 0.2) is 42.6 Å². The first kappa shape index (κ1) is 18.3. The second-order valence-electron chi connectivity index (χ2n) is 6.69. The SMILES string of the molecule is S=C(Nc1cc(Cl)cc(Cl)c1)N1CCCC(Nc2ccc3[nH]ncc3c2)C1. The number of thiocarbonyl (C=S) groups is 1. The zero-order valence-corrected chi connectivity index (χ0v) is 16.8. The van der Waals surface area contributed by atoms with E-state index in [1.54, 1.807) is 6.07 Å². The topological polar surface area (TPSA) is 56.0 Å². The van der Waals surface area contributed by atoms with E-state index in [4.69, 9.17) is 35.4 Å².